The average Bonchev–Trinajstić information content (AvgIpc) is 2.36. The van der Waals surface area contributed by atoms with Gasteiger partial charge in [0.2, 0.25) is 0 Å². The summed E-state index contributed by atoms with van der Waals surface area (Å²) in [5.74, 6) is 0. The zero-order valence-electron chi connectivity index (χ0n) is 12.1. The Bertz CT molecular complexity index is 391. The molecule has 0 heterocycles. The minimum Gasteiger partial charge on any atom is -0.319 e. The van der Waals surface area contributed by atoms with Gasteiger partial charge >= 0.3 is 6.18 Å². The Balaban J connectivity index is 2.76. The van der Waals surface area contributed by atoms with Crippen LogP contribution in [0.3, 0.4) is 0 Å². The van der Waals surface area contributed by atoms with Gasteiger partial charge in [-0.3, -0.25) is 4.90 Å². The Morgan fingerprint density at radius 3 is 2.35 bits per heavy atom. The van der Waals surface area contributed by atoms with E-state index in [0.29, 0.717) is 13.1 Å². The maximum atomic E-state index is 12.6. The van der Waals surface area contributed by atoms with E-state index in [1.54, 1.807) is 0 Å². The van der Waals surface area contributed by atoms with E-state index in [0.717, 1.165) is 30.5 Å². The minimum absolute atomic E-state index is 0.354. The van der Waals surface area contributed by atoms with Crippen molar-refractivity contribution in [2.75, 3.05) is 26.7 Å². The van der Waals surface area contributed by atoms with Crippen LogP contribution >= 0.6 is 0 Å². The molecule has 1 N–H and O–H groups in total. The highest BCUT2D eigenvalue weighted by Gasteiger charge is 2.30. The van der Waals surface area contributed by atoms with E-state index in [9.17, 15) is 13.2 Å². The molecular formula is C15H23F3N2. The quantitative estimate of drug-likeness (QED) is 0.790. The monoisotopic (exact) mass is 288 g/mol. The standard InChI is InChI=1S/C15H23F3N2/c1-3-10-20(12-15(16,17)18)11-14-7-5-4-6-13(14)8-9-19-2/h4-7,19H,3,8-12H2,1-2H3. The first kappa shape index (κ1) is 17.0. The van der Waals surface area contributed by atoms with E-state index in [2.05, 4.69) is 5.32 Å². The second kappa shape index (κ2) is 8.27. The Morgan fingerprint density at radius 2 is 1.80 bits per heavy atom. The molecule has 1 aromatic rings. The van der Waals surface area contributed by atoms with Crippen molar-refractivity contribution < 1.29 is 13.2 Å². The van der Waals surface area contributed by atoms with Crippen molar-refractivity contribution in [3.63, 3.8) is 0 Å². The fourth-order valence-electron chi connectivity index (χ4n) is 2.24. The molecule has 0 aliphatic rings. The Morgan fingerprint density at radius 1 is 1.15 bits per heavy atom. The number of benzene rings is 1. The van der Waals surface area contributed by atoms with Gasteiger partial charge in [-0.05, 0) is 44.1 Å². The van der Waals surface area contributed by atoms with E-state index < -0.39 is 12.7 Å². The lowest BCUT2D eigenvalue weighted by atomic mass is 10.0. The molecule has 0 aliphatic heterocycles. The molecule has 0 saturated carbocycles. The summed E-state index contributed by atoms with van der Waals surface area (Å²) in [6.45, 7) is 2.69. The lowest BCUT2D eigenvalue weighted by molar-refractivity contribution is -0.147. The van der Waals surface area contributed by atoms with E-state index in [-0.39, 0.29) is 0 Å². The largest absolute Gasteiger partial charge is 0.401 e. The summed E-state index contributed by atoms with van der Waals surface area (Å²) < 4.78 is 37.7. The number of halogens is 3. The third-order valence-electron chi connectivity index (χ3n) is 3.10. The van der Waals surface area contributed by atoms with Crippen molar-refractivity contribution in [1.29, 1.82) is 0 Å². The molecule has 0 fully saturated rings. The number of alkyl halides is 3. The molecule has 5 heteroatoms. The molecule has 0 aromatic heterocycles. The molecule has 0 bridgehead atoms. The summed E-state index contributed by atoms with van der Waals surface area (Å²) in [5.41, 5.74) is 2.10. The Kier molecular flexibility index (Phi) is 7.02. The molecule has 0 unspecified atom stereocenters. The summed E-state index contributed by atoms with van der Waals surface area (Å²) in [5, 5.41) is 3.07. The molecule has 20 heavy (non-hydrogen) atoms. The third kappa shape index (κ3) is 6.39. The van der Waals surface area contributed by atoms with Gasteiger partial charge in [-0.25, -0.2) is 0 Å². The predicted molar refractivity (Wildman–Crippen MR) is 75.7 cm³/mol. The van der Waals surface area contributed by atoms with Crippen molar-refractivity contribution in [2.45, 2.75) is 32.5 Å². The number of likely N-dealkylation sites (N-methyl/N-ethyl adjacent to an activating group) is 1. The lowest BCUT2D eigenvalue weighted by Crippen LogP contribution is -2.34. The lowest BCUT2D eigenvalue weighted by Gasteiger charge is -2.24. The molecular weight excluding hydrogens is 265 g/mol. The molecule has 0 amide bonds. The maximum Gasteiger partial charge on any atom is 0.401 e. The van der Waals surface area contributed by atoms with Crippen molar-refractivity contribution >= 4 is 0 Å². The van der Waals surface area contributed by atoms with E-state index in [1.807, 2.05) is 38.2 Å². The average molecular weight is 288 g/mol. The fourth-order valence-corrected chi connectivity index (χ4v) is 2.24. The van der Waals surface area contributed by atoms with Crippen molar-refractivity contribution in [2.24, 2.45) is 0 Å². The predicted octanol–water partition coefficient (Wildman–Crippen LogP) is 3.22. The fraction of sp³-hybridized carbons (Fsp3) is 0.600. The molecule has 1 aromatic carbocycles. The van der Waals surface area contributed by atoms with Gasteiger partial charge in [0.05, 0.1) is 6.54 Å². The van der Waals surface area contributed by atoms with Crippen LogP contribution in [0.1, 0.15) is 24.5 Å². The summed E-state index contributed by atoms with van der Waals surface area (Å²) in [4.78, 5) is 1.47. The summed E-state index contributed by atoms with van der Waals surface area (Å²) >= 11 is 0. The van der Waals surface area contributed by atoms with Crippen LogP contribution in [0, 0.1) is 0 Å². The van der Waals surface area contributed by atoms with Crippen LogP contribution in [-0.2, 0) is 13.0 Å². The molecule has 0 radical (unpaired) electrons. The molecule has 1 rings (SSSR count). The second-order valence-electron chi connectivity index (χ2n) is 4.95. The molecule has 0 atom stereocenters. The highest BCUT2D eigenvalue weighted by Crippen LogP contribution is 2.19. The van der Waals surface area contributed by atoms with E-state index >= 15 is 0 Å². The van der Waals surface area contributed by atoms with Gasteiger partial charge in [-0.15, -0.1) is 0 Å². The summed E-state index contributed by atoms with van der Waals surface area (Å²) in [7, 11) is 1.87. The van der Waals surface area contributed by atoms with E-state index in [4.69, 9.17) is 0 Å². The number of nitrogens with one attached hydrogen (secondary N) is 1. The first-order chi connectivity index (χ1) is 9.46. The van der Waals surface area contributed by atoms with Crippen LogP contribution < -0.4 is 5.32 Å². The minimum atomic E-state index is -4.14. The van der Waals surface area contributed by atoms with Gasteiger partial charge in [0, 0.05) is 6.54 Å². The molecule has 0 aliphatic carbocycles. The van der Waals surface area contributed by atoms with Crippen LogP contribution in [0.25, 0.3) is 0 Å². The molecule has 2 nitrogen and oxygen atoms in total. The maximum absolute atomic E-state index is 12.6. The van der Waals surface area contributed by atoms with Crippen LogP contribution in [0.2, 0.25) is 0 Å². The van der Waals surface area contributed by atoms with E-state index in [1.165, 1.54) is 4.90 Å². The van der Waals surface area contributed by atoms with Crippen LogP contribution in [0.4, 0.5) is 13.2 Å². The van der Waals surface area contributed by atoms with Crippen molar-refractivity contribution in [1.82, 2.24) is 10.2 Å². The third-order valence-corrected chi connectivity index (χ3v) is 3.10. The molecule has 0 spiro atoms. The zero-order valence-corrected chi connectivity index (χ0v) is 12.1. The number of nitrogens with zero attached hydrogens (tertiary/aromatic N) is 1. The zero-order chi connectivity index (χ0) is 15.0. The topological polar surface area (TPSA) is 15.3 Å². The van der Waals surface area contributed by atoms with Gasteiger partial charge in [-0.1, -0.05) is 31.2 Å². The number of hydrogen-bond acceptors (Lipinski definition) is 2. The molecule has 114 valence electrons. The van der Waals surface area contributed by atoms with Crippen LogP contribution in [-0.4, -0.2) is 37.8 Å². The number of rotatable bonds is 8. The summed E-state index contributed by atoms with van der Waals surface area (Å²) in [6, 6.07) is 7.73. The first-order valence-corrected chi connectivity index (χ1v) is 6.96. The second-order valence-corrected chi connectivity index (χ2v) is 4.95. The first-order valence-electron chi connectivity index (χ1n) is 6.96. The van der Waals surface area contributed by atoms with Gasteiger partial charge in [0.15, 0.2) is 0 Å². The van der Waals surface area contributed by atoms with Gasteiger partial charge in [-0.2, -0.15) is 13.2 Å². The van der Waals surface area contributed by atoms with Gasteiger partial charge < -0.3 is 5.32 Å². The molecule has 0 saturated heterocycles. The van der Waals surface area contributed by atoms with Crippen LogP contribution in [0.5, 0.6) is 0 Å². The van der Waals surface area contributed by atoms with Crippen LogP contribution in [0.15, 0.2) is 24.3 Å². The highest BCUT2D eigenvalue weighted by molar-refractivity contribution is 5.27. The Labute approximate surface area is 119 Å². The summed E-state index contributed by atoms with van der Waals surface area (Å²) in [6.07, 6.45) is -2.59. The normalized spacial score (nSPS) is 12.1. The van der Waals surface area contributed by atoms with Crippen molar-refractivity contribution in [3.8, 4) is 0 Å². The van der Waals surface area contributed by atoms with Gasteiger partial charge in [0.25, 0.3) is 0 Å². The number of hydrogen-bond donors (Lipinski definition) is 1. The van der Waals surface area contributed by atoms with Crippen molar-refractivity contribution in [3.05, 3.63) is 35.4 Å². The SMILES string of the molecule is CCCN(Cc1ccccc1CCNC)CC(F)(F)F. The smallest absolute Gasteiger partial charge is 0.319 e. The highest BCUT2D eigenvalue weighted by atomic mass is 19.4. The Hall–Kier alpha value is -1.07. The van der Waals surface area contributed by atoms with Gasteiger partial charge in [0.1, 0.15) is 0 Å².